The monoisotopic (exact) mass is 304 g/mol. The van der Waals surface area contributed by atoms with Crippen LogP contribution >= 0.6 is 0 Å². The molecule has 0 bridgehead atoms. The van der Waals surface area contributed by atoms with E-state index >= 15 is 0 Å². The third kappa shape index (κ3) is 4.44. The van der Waals surface area contributed by atoms with Crippen molar-refractivity contribution in [3.05, 3.63) is 17.3 Å². The predicted molar refractivity (Wildman–Crippen MR) is 88.1 cm³/mol. The molecule has 1 aliphatic carbocycles. The zero-order chi connectivity index (χ0) is 15.9. The quantitative estimate of drug-likeness (QED) is 0.700. The van der Waals surface area contributed by atoms with Crippen molar-refractivity contribution < 1.29 is 9.90 Å². The first-order valence-corrected chi connectivity index (χ1v) is 7.90. The fourth-order valence-electron chi connectivity index (χ4n) is 2.72. The molecule has 1 aromatic heterocycles. The Balaban J connectivity index is 2.30. The van der Waals surface area contributed by atoms with Crippen LogP contribution < -0.4 is 10.6 Å². The third-order valence-corrected chi connectivity index (χ3v) is 3.81. The van der Waals surface area contributed by atoms with Crippen molar-refractivity contribution in [2.24, 2.45) is 0 Å². The molecule has 1 fully saturated rings. The van der Waals surface area contributed by atoms with Gasteiger partial charge in [0.2, 0.25) is 5.95 Å². The highest BCUT2D eigenvalue weighted by Gasteiger charge is 2.17. The van der Waals surface area contributed by atoms with Gasteiger partial charge in [-0.1, -0.05) is 19.3 Å². The molecule has 0 atom stereocenters. The largest absolute Gasteiger partial charge is 0.478 e. The van der Waals surface area contributed by atoms with E-state index in [0.717, 1.165) is 36.7 Å². The van der Waals surface area contributed by atoms with Crippen LogP contribution in [0.25, 0.3) is 6.08 Å². The average molecular weight is 304 g/mol. The van der Waals surface area contributed by atoms with Gasteiger partial charge in [0.05, 0.1) is 5.69 Å². The number of hydrogen-bond donors (Lipinski definition) is 3. The van der Waals surface area contributed by atoms with E-state index in [2.05, 4.69) is 20.6 Å². The molecule has 3 N–H and O–H groups in total. The van der Waals surface area contributed by atoms with Crippen LogP contribution in [-0.4, -0.2) is 33.6 Å². The molecule has 0 unspecified atom stereocenters. The highest BCUT2D eigenvalue weighted by Crippen LogP contribution is 2.25. The minimum atomic E-state index is -0.973. The van der Waals surface area contributed by atoms with Crippen LogP contribution in [0.1, 0.15) is 50.3 Å². The maximum Gasteiger partial charge on any atom is 0.328 e. The Morgan fingerprint density at radius 2 is 2.05 bits per heavy atom. The number of carboxylic acid groups (broad SMARTS) is 1. The van der Waals surface area contributed by atoms with E-state index in [4.69, 9.17) is 5.11 Å². The van der Waals surface area contributed by atoms with E-state index in [9.17, 15) is 4.79 Å². The number of nitrogens with one attached hydrogen (secondary N) is 2. The molecule has 6 nitrogen and oxygen atoms in total. The molecule has 22 heavy (non-hydrogen) atoms. The van der Waals surface area contributed by atoms with Gasteiger partial charge in [-0.2, -0.15) is 4.98 Å². The summed E-state index contributed by atoms with van der Waals surface area (Å²) < 4.78 is 0. The number of rotatable bonds is 6. The topological polar surface area (TPSA) is 87.1 Å². The van der Waals surface area contributed by atoms with Crippen LogP contribution in [-0.2, 0) is 4.79 Å². The minimum absolute atomic E-state index is 0.398. The van der Waals surface area contributed by atoms with Crippen LogP contribution in [0.3, 0.4) is 0 Å². The molecule has 0 aliphatic heterocycles. The molecule has 1 heterocycles. The smallest absolute Gasteiger partial charge is 0.328 e. The van der Waals surface area contributed by atoms with Gasteiger partial charge in [0.1, 0.15) is 5.82 Å². The van der Waals surface area contributed by atoms with Gasteiger partial charge in [-0.25, -0.2) is 9.78 Å². The average Bonchev–Trinajstić information content (AvgIpc) is 2.47. The molecule has 0 aromatic carbocycles. The summed E-state index contributed by atoms with van der Waals surface area (Å²) in [6, 6.07) is 0.398. The highest BCUT2D eigenvalue weighted by atomic mass is 16.4. The van der Waals surface area contributed by atoms with Gasteiger partial charge in [-0.05, 0) is 32.8 Å². The number of nitrogens with zero attached hydrogens (tertiary/aromatic N) is 2. The molecular weight excluding hydrogens is 280 g/mol. The normalized spacial score (nSPS) is 15.9. The Hall–Kier alpha value is -2.11. The summed E-state index contributed by atoms with van der Waals surface area (Å²) in [5.74, 6) is 0.317. The lowest BCUT2D eigenvalue weighted by molar-refractivity contribution is -0.131. The van der Waals surface area contributed by atoms with Crippen LogP contribution in [0, 0.1) is 6.92 Å². The Bertz CT molecular complexity index is 551. The Morgan fingerprint density at radius 1 is 1.32 bits per heavy atom. The first kappa shape index (κ1) is 16.3. The number of carbonyl (C=O) groups is 1. The standard InChI is InChI=1S/C16H24N4O2/c1-3-17-16-18-11(2)13(9-10-14(21)22)15(20-16)19-12-7-5-4-6-8-12/h9-10,12H,3-8H2,1-2H3,(H,21,22)(H2,17,18,19,20)/b10-9+. The van der Waals surface area contributed by atoms with Crippen molar-refractivity contribution in [2.45, 2.75) is 52.0 Å². The number of aromatic nitrogens is 2. The zero-order valence-corrected chi connectivity index (χ0v) is 13.2. The maximum atomic E-state index is 10.8. The van der Waals surface area contributed by atoms with Gasteiger partial charge in [0, 0.05) is 24.2 Å². The number of aliphatic carboxylic acids is 1. The van der Waals surface area contributed by atoms with Crippen molar-refractivity contribution in [1.29, 1.82) is 0 Å². The minimum Gasteiger partial charge on any atom is -0.478 e. The molecule has 0 amide bonds. The fraction of sp³-hybridized carbons (Fsp3) is 0.562. The summed E-state index contributed by atoms with van der Waals surface area (Å²) in [5, 5.41) is 15.4. The molecule has 2 rings (SSSR count). The van der Waals surface area contributed by atoms with E-state index in [1.807, 2.05) is 13.8 Å². The molecule has 1 saturated carbocycles. The van der Waals surface area contributed by atoms with Gasteiger partial charge in [-0.15, -0.1) is 0 Å². The van der Waals surface area contributed by atoms with Gasteiger partial charge in [0.25, 0.3) is 0 Å². The second-order valence-corrected chi connectivity index (χ2v) is 5.58. The first-order chi connectivity index (χ1) is 10.6. The number of hydrogen-bond acceptors (Lipinski definition) is 5. The Morgan fingerprint density at radius 3 is 2.68 bits per heavy atom. The second kappa shape index (κ2) is 7.77. The van der Waals surface area contributed by atoms with E-state index in [0.29, 0.717) is 17.8 Å². The predicted octanol–water partition coefficient (Wildman–Crippen LogP) is 3.06. The molecule has 6 heteroatoms. The molecular formula is C16H24N4O2. The maximum absolute atomic E-state index is 10.8. The molecule has 120 valence electrons. The fourth-order valence-corrected chi connectivity index (χ4v) is 2.72. The van der Waals surface area contributed by atoms with Gasteiger partial charge in [-0.3, -0.25) is 0 Å². The van der Waals surface area contributed by atoms with E-state index in [-0.39, 0.29) is 0 Å². The van der Waals surface area contributed by atoms with Crippen molar-refractivity contribution in [3.8, 4) is 0 Å². The summed E-state index contributed by atoms with van der Waals surface area (Å²) in [6.07, 6.45) is 8.69. The molecule has 0 radical (unpaired) electrons. The van der Waals surface area contributed by atoms with Crippen molar-refractivity contribution >= 4 is 23.8 Å². The summed E-state index contributed by atoms with van der Waals surface area (Å²) in [5.41, 5.74) is 1.51. The summed E-state index contributed by atoms with van der Waals surface area (Å²) in [7, 11) is 0. The molecule has 1 aromatic rings. The number of anilines is 2. The summed E-state index contributed by atoms with van der Waals surface area (Å²) in [6.45, 7) is 4.61. The van der Waals surface area contributed by atoms with Gasteiger partial charge >= 0.3 is 5.97 Å². The van der Waals surface area contributed by atoms with E-state index < -0.39 is 5.97 Å². The van der Waals surface area contributed by atoms with Crippen LogP contribution in [0.5, 0.6) is 0 Å². The summed E-state index contributed by atoms with van der Waals surface area (Å²) in [4.78, 5) is 19.7. The second-order valence-electron chi connectivity index (χ2n) is 5.58. The van der Waals surface area contributed by atoms with Crippen molar-refractivity contribution in [1.82, 2.24) is 9.97 Å². The van der Waals surface area contributed by atoms with Crippen molar-refractivity contribution in [3.63, 3.8) is 0 Å². The van der Waals surface area contributed by atoms with Gasteiger partial charge < -0.3 is 15.7 Å². The zero-order valence-electron chi connectivity index (χ0n) is 13.2. The SMILES string of the molecule is CCNc1nc(C)c(/C=C/C(=O)O)c(NC2CCCCC2)n1. The van der Waals surface area contributed by atoms with Crippen molar-refractivity contribution in [2.75, 3.05) is 17.2 Å². The summed E-state index contributed by atoms with van der Waals surface area (Å²) >= 11 is 0. The lowest BCUT2D eigenvalue weighted by Gasteiger charge is -2.24. The lowest BCUT2D eigenvalue weighted by atomic mass is 9.95. The molecule has 1 aliphatic rings. The van der Waals surface area contributed by atoms with Gasteiger partial charge in [0.15, 0.2) is 0 Å². The number of carboxylic acids is 1. The highest BCUT2D eigenvalue weighted by molar-refractivity contribution is 5.87. The van der Waals surface area contributed by atoms with E-state index in [1.165, 1.54) is 19.3 Å². The van der Waals surface area contributed by atoms with Crippen LogP contribution in [0.15, 0.2) is 6.08 Å². The lowest BCUT2D eigenvalue weighted by Crippen LogP contribution is -2.24. The van der Waals surface area contributed by atoms with E-state index in [1.54, 1.807) is 6.08 Å². The van der Waals surface area contributed by atoms with Crippen LogP contribution in [0.4, 0.5) is 11.8 Å². The number of aryl methyl sites for hydroxylation is 1. The Labute approximate surface area is 131 Å². The molecule has 0 spiro atoms. The Kier molecular flexibility index (Phi) is 5.75. The third-order valence-electron chi connectivity index (χ3n) is 3.81. The first-order valence-electron chi connectivity index (χ1n) is 7.90. The molecule has 0 saturated heterocycles. The van der Waals surface area contributed by atoms with Crippen LogP contribution in [0.2, 0.25) is 0 Å².